The summed E-state index contributed by atoms with van der Waals surface area (Å²) in [5.41, 5.74) is 13.3. The SMILES string of the molecule is NCc1ccc(C(=O)NS(=O)(=O)c2ccc(OC(=O)c3ccc(CN)cc3)cc2)cc1. The Morgan fingerprint density at radius 3 is 1.71 bits per heavy atom. The molecular formula is C22H21N3O5S. The van der Waals surface area contributed by atoms with Crippen molar-refractivity contribution in [2.45, 2.75) is 18.0 Å². The second-order valence-corrected chi connectivity index (χ2v) is 8.28. The Hall–Kier alpha value is -3.53. The molecule has 0 unspecified atom stereocenters. The Kier molecular flexibility index (Phi) is 6.81. The molecule has 0 heterocycles. The van der Waals surface area contributed by atoms with Gasteiger partial charge in [-0.15, -0.1) is 0 Å². The molecular weight excluding hydrogens is 418 g/mol. The normalized spacial score (nSPS) is 11.0. The van der Waals surface area contributed by atoms with Gasteiger partial charge in [0.1, 0.15) is 5.75 Å². The maximum atomic E-state index is 12.5. The molecule has 0 saturated carbocycles. The second kappa shape index (κ2) is 9.52. The van der Waals surface area contributed by atoms with Crippen LogP contribution in [0, 0.1) is 0 Å². The molecule has 0 atom stereocenters. The number of hydrogen-bond donors (Lipinski definition) is 3. The van der Waals surface area contributed by atoms with Gasteiger partial charge in [-0.1, -0.05) is 24.3 Å². The molecule has 0 aliphatic heterocycles. The molecule has 0 spiro atoms. The zero-order valence-electron chi connectivity index (χ0n) is 16.4. The van der Waals surface area contributed by atoms with E-state index in [9.17, 15) is 18.0 Å². The van der Waals surface area contributed by atoms with Crippen LogP contribution in [0.1, 0.15) is 31.8 Å². The quantitative estimate of drug-likeness (QED) is 0.377. The minimum atomic E-state index is -4.10. The molecule has 0 aliphatic carbocycles. The lowest BCUT2D eigenvalue weighted by Gasteiger charge is -2.09. The highest BCUT2D eigenvalue weighted by Crippen LogP contribution is 2.18. The van der Waals surface area contributed by atoms with Crippen LogP contribution in [-0.2, 0) is 23.1 Å². The van der Waals surface area contributed by atoms with E-state index < -0.39 is 21.9 Å². The average Bonchev–Trinajstić information content (AvgIpc) is 2.79. The molecule has 0 aliphatic rings. The summed E-state index contributed by atoms with van der Waals surface area (Å²) in [6, 6.07) is 18.1. The third kappa shape index (κ3) is 5.54. The smallest absolute Gasteiger partial charge is 0.343 e. The van der Waals surface area contributed by atoms with Gasteiger partial charge in [0.15, 0.2) is 0 Å². The minimum Gasteiger partial charge on any atom is -0.423 e. The average molecular weight is 439 g/mol. The van der Waals surface area contributed by atoms with Gasteiger partial charge < -0.3 is 16.2 Å². The molecule has 0 saturated heterocycles. The van der Waals surface area contributed by atoms with Crippen LogP contribution in [0.4, 0.5) is 0 Å². The lowest BCUT2D eigenvalue weighted by Crippen LogP contribution is -2.30. The third-order valence-corrected chi connectivity index (χ3v) is 5.80. The van der Waals surface area contributed by atoms with Crippen molar-refractivity contribution in [3.63, 3.8) is 0 Å². The molecule has 5 N–H and O–H groups in total. The fourth-order valence-corrected chi connectivity index (χ4v) is 3.64. The Bertz CT molecular complexity index is 1170. The van der Waals surface area contributed by atoms with Crippen LogP contribution in [0.3, 0.4) is 0 Å². The van der Waals surface area contributed by atoms with Crippen molar-refractivity contribution in [3.8, 4) is 5.75 Å². The van der Waals surface area contributed by atoms with Gasteiger partial charge in [0.25, 0.3) is 15.9 Å². The summed E-state index contributed by atoms with van der Waals surface area (Å²) < 4.78 is 32.2. The Labute approximate surface area is 179 Å². The first-order valence-electron chi connectivity index (χ1n) is 9.30. The minimum absolute atomic E-state index is 0.147. The summed E-state index contributed by atoms with van der Waals surface area (Å²) in [6.45, 7) is 0.678. The number of benzene rings is 3. The van der Waals surface area contributed by atoms with E-state index in [-0.39, 0.29) is 16.2 Å². The summed E-state index contributed by atoms with van der Waals surface area (Å²) >= 11 is 0. The number of carbonyl (C=O) groups excluding carboxylic acids is 2. The van der Waals surface area contributed by atoms with Crippen LogP contribution < -0.4 is 20.9 Å². The summed E-state index contributed by atoms with van der Waals surface area (Å²) in [5, 5.41) is 0. The fourth-order valence-electron chi connectivity index (χ4n) is 2.66. The van der Waals surface area contributed by atoms with Crippen LogP contribution >= 0.6 is 0 Å². The van der Waals surface area contributed by atoms with E-state index in [1.54, 1.807) is 36.4 Å². The van der Waals surface area contributed by atoms with Crippen molar-refractivity contribution in [2.75, 3.05) is 0 Å². The van der Waals surface area contributed by atoms with Crippen LogP contribution in [0.15, 0.2) is 77.7 Å². The molecule has 160 valence electrons. The number of rotatable bonds is 7. The van der Waals surface area contributed by atoms with Gasteiger partial charge >= 0.3 is 5.97 Å². The number of amides is 1. The van der Waals surface area contributed by atoms with Gasteiger partial charge in [-0.25, -0.2) is 17.9 Å². The first-order chi connectivity index (χ1) is 14.8. The molecule has 31 heavy (non-hydrogen) atoms. The number of carbonyl (C=O) groups is 2. The van der Waals surface area contributed by atoms with Gasteiger partial charge in [0, 0.05) is 18.7 Å². The van der Waals surface area contributed by atoms with Crippen LogP contribution in [-0.4, -0.2) is 20.3 Å². The number of nitrogens with one attached hydrogen (secondary N) is 1. The summed E-state index contributed by atoms with van der Waals surface area (Å²) in [5.74, 6) is -1.19. The second-order valence-electron chi connectivity index (χ2n) is 6.60. The highest BCUT2D eigenvalue weighted by molar-refractivity contribution is 7.90. The molecule has 0 fully saturated rings. The van der Waals surface area contributed by atoms with Gasteiger partial charge in [-0.3, -0.25) is 4.79 Å². The Balaban J connectivity index is 1.67. The lowest BCUT2D eigenvalue weighted by atomic mass is 10.1. The van der Waals surface area contributed by atoms with Gasteiger partial charge in [0.2, 0.25) is 0 Å². The lowest BCUT2D eigenvalue weighted by molar-refractivity contribution is 0.0734. The number of sulfonamides is 1. The van der Waals surface area contributed by atoms with Gasteiger partial charge in [-0.05, 0) is 59.7 Å². The first-order valence-corrected chi connectivity index (χ1v) is 10.8. The molecule has 9 heteroatoms. The first kappa shape index (κ1) is 22.2. The van der Waals surface area contributed by atoms with E-state index in [0.29, 0.717) is 18.7 Å². The van der Waals surface area contributed by atoms with Crippen molar-refractivity contribution < 1.29 is 22.7 Å². The maximum absolute atomic E-state index is 12.5. The number of ether oxygens (including phenoxy) is 1. The van der Waals surface area contributed by atoms with Crippen molar-refractivity contribution >= 4 is 21.9 Å². The molecule has 8 nitrogen and oxygen atoms in total. The van der Waals surface area contributed by atoms with Crippen LogP contribution in [0.5, 0.6) is 5.75 Å². The van der Waals surface area contributed by atoms with Crippen molar-refractivity contribution in [1.82, 2.24) is 4.72 Å². The van der Waals surface area contributed by atoms with Gasteiger partial charge in [-0.2, -0.15) is 0 Å². The molecule has 3 aromatic carbocycles. The topological polar surface area (TPSA) is 142 Å². The Morgan fingerprint density at radius 1 is 0.742 bits per heavy atom. The highest BCUT2D eigenvalue weighted by Gasteiger charge is 2.19. The number of hydrogen-bond acceptors (Lipinski definition) is 7. The largest absolute Gasteiger partial charge is 0.423 e. The van der Waals surface area contributed by atoms with Crippen LogP contribution in [0.25, 0.3) is 0 Å². The monoisotopic (exact) mass is 439 g/mol. The summed E-state index contributed by atoms with van der Waals surface area (Å²) in [6.07, 6.45) is 0. The maximum Gasteiger partial charge on any atom is 0.343 e. The van der Waals surface area contributed by atoms with E-state index in [2.05, 4.69) is 0 Å². The molecule has 0 aromatic heterocycles. The zero-order chi connectivity index (χ0) is 22.4. The van der Waals surface area contributed by atoms with Gasteiger partial charge in [0.05, 0.1) is 10.5 Å². The van der Waals surface area contributed by atoms with E-state index in [1.807, 2.05) is 4.72 Å². The molecule has 0 bridgehead atoms. The van der Waals surface area contributed by atoms with E-state index in [4.69, 9.17) is 16.2 Å². The van der Waals surface area contributed by atoms with Crippen molar-refractivity contribution in [1.29, 1.82) is 0 Å². The molecule has 0 radical (unpaired) electrons. The summed E-state index contributed by atoms with van der Waals surface area (Å²) in [4.78, 5) is 24.3. The Morgan fingerprint density at radius 2 is 1.23 bits per heavy atom. The number of esters is 1. The van der Waals surface area contributed by atoms with Crippen LogP contribution in [0.2, 0.25) is 0 Å². The third-order valence-electron chi connectivity index (χ3n) is 4.45. The summed E-state index contributed by atoms with van der Waals surface area (Å²) in [7, 11) is -4.10. The predicted octanol–water partition coefficient (Wildman–Crippen LogP) is 1.94. The van der Waals surface area contributed by atoms with E-state index >= 15 is 0 Å². The zero-order valence-corrected chi connectivity index (χ0v) is 17.3. The number of nitrogens with two attached hydrogens (primary N) is 2. The van der Waals surface area contributed by atoms with E-state index in [0.717, 1.165) is 11.1 Å². The molecule has 3 aromatic rings. The van der Waals surface area contributed by atoms with E-state index in [1.165, 1.54) is 36.4 Å². The standard InChI is InChI=1S/C22H21N3O5S/c23-13-15-1-5-17(6-2-15)21(26)25-31(28,29)20-11-9-19(10-12-20)30-22(27)18-7-3-16(14-24)4-8-18/h1-12H,13-14,23-24H2,(H,25,26). The fraction of sp³-hybridized carbons (Fsp3) is 0.0909. The highest BCUT2D eigenvalue weighted by atomic mass is 32.2. The predicted molar refractivity (Wildman–Crippen MR) is 115 cm³/mol. The molecule has 1 amide bonds. The molecule has 3 rings (SSSR count). The van der Waals surface area contributed by atoms with Crippen molar-refractivity contribution in [3.05, 3.63) is 95.1 Å². The van der Waals surface area contributed by atoms with Crippen molar-refractivity contribution in [2.24, 2.45) is 11.5 Å².